The molecule has 1 fully saturated rings. The number of aromatic nitrogens is 2. The van der Waals surface area contributed by atoms with Gasteiger partial charge in [0.25, 0.3) is 5.91 Å². The third kappa shape index (κ3) is 5.97. The van der Waals surface area contributed by atoms with Crippen LogP contribution in [0.4, 0.5) is 18.9 Å². The van der Waals surface area contributed by atoms with Gasteiger partial charge in [-0.2, -0.15) is 0 Å². The lowest BCUT2D eigenvalue weighted by molar-refractivity contribution is -0.144. The number of pyridine rings is 1. The molecule has 2 heterocycles. The van der Waals surface area contributed by atoms with E-state index in [4.69, 9.17) is 4.74 Å². The summed E-state index contributed by atoms with van der Waals surface area (Å²) in [4.78, 5) is 28.6. The van der Waals surface area contributed by atoms with Crippen molar-refractivity contribution in [2.24, 2.45) is 5.92 Å². The molecule has 1 aliphatic rings. The highest BCUT2D eigenvalue weighted by atomic mass is 19.2. The molecule has 0 atom stereocenters. The topological polar surface area (TPSA) is 72.7 Å². The van der Waals surface area contributed by atoms with Crippen molar-refractivity contribution in [2.45, 2.75) is 44.9 Å². The Bertz CT molecular complexity index is 1490. The third-order valence-electron chi connectivity index (χ3n) is 7.25. The lowest BCUT2D eigenvalue weighted by Gasteiger charge is -2.28. The first-order valence-electron chi connectivity index (χ1n) is 13.0. The molecule has 2 aromatic heterocycles. The Balaban J connectivity index is 1.24. The van der Waals surface area contributed by atoms with Crippen molar-refractivity contribution in [3.05, 3.63) is 89.6 Å². The zero-order chi connectivity index (χ0) is 27.5. The smallest absolute Gasteiger partial charge is 0.306 e. The normalized spacial score (nSPS) is 17.2. The summed E-state index contributed by atoms with van der Waals surface area (Å²) < 4.78 is 46.9. The maximum absolute atomic E-state index is 13.5. The van der Waals surface area contributed by atoms with E-state index in [1.807, 2.05) is 19.2 Å². The number of nitrogens with one attached hydrogen (secondary N) is 1. The maximum atomic E-state index is 13.5. The van der Waals surface area contributed by atoms with Gasteiger partial charge in [-0.15, -0.1) is 0 Å². The van der Waals surface area contributed by atoms with E-state index in [0.29, 0.717) is 42.6 Å². The molecule has 1 saturated carbocycles. The minimum absolute atomic E-state index is 0.0474. The standard InChI is InChI=1S/C30H28F3N3O3/c1-2-39-28(37)13-18-3-5-19(6-4-18)20-7-9-21(10-8-20)22-11-12-27-35-26(17-36(27)16-22)30(38)34-23-14-24(31)29(33)25(32)15-23/h7-12,14-19H,2-6,13H2,1H3,(H,34,38). The number of carbonyl (C=O) groups excluding carboxylic acids is 2. The fraction of sp³-hybridized carbons (Fsp3) is 0.300. The van der Waals surface area contributed by atoms with E-state index < -0.39 is 23.4 Å². The number of hydrogen-bond acceptors (Lipinski definition) is 4. The second kappa shape index (κ2) is 11.3. The van der Waals surface area contributed by atoms with Crippen molar-refractivity contribution in [3.8, 4) is 11.1 Å². The average molecular weight is 536 g/mol. The number of esters is 1. The van der Waals surface area contributed by atoms with Crippen molar-refractivity contribution in [3.63, 3.8) is 0 Å². The fourth-order valence-corrected chi connectivity index (χ4v) is 5.20. The van der Waals surface area contributed by atoms with E-state index in [-0.39, 0.29) is 17.4 Å². The molecule has 0 radical (unpaired) electrons. The predicted molar refractivity (Wildman–Crippen MR) is 141 cm³/mol. The van der Waals surface area contributed by atoms with Crippen LogP contribution in [-0.4, -0.2) is 27.9 Å². The Morgan fingerprint density at radius 2 is 1.62 bits per heavy atom. The Kier molecular flexibility index (Phi) is 7.67. The van der Waals surface area contributed by atoms with Gasteiger partial charge in [-0.25, -0.2) is 18.2 Å². The summed E-state index contributed by atoms with van der Waals surface area (Å²) in [6, 6.07) is 13.5. The fourth-order valence-electron chi connectivity index (χ4n) is 5.20. The summed E-state index contributed by atoms with van der Waals surface area (Å²) >= 11 is 0. The van der Waals surface area contributed by atoms with Gasteiger partial charge in [-0.05, 0) is 73.3 Å². The number of imidazole rings is 1. The van der Waals surface area contributed by atoms with Gasteiger partial charge in [-0.3, -0.25) is 9.59 Å². The lowest BCUT2D eigenvalue weighted by atomic mass is 9.77. The van der Waals surface area contributed by atoms with Crippen LogP contribution in [0.3, 0.4) is 0 Å². The Morgan fingerprint density at radius 1 is 0.949 bits per heavy atom. The highest BCUT2D eigenvalue weighted by Crippen LogP contribution is 2.37. The van der Waals surface area contributed by atoms with E-state index in [1.54, 1.807) is 10.5 Å². The third-order valence-corrected chi connectivity index (χ3v) is 7.25. The number of hydrogen-bond donors (Lipinski definition) is 1. The number of carbonyl (C=O) groups is 2. The number of fused-ring (bicyclic) bond motifs is 1. The van der Waals surface area contributed by atoms with Gasteiger partial charge >= 0.3 is 5.97 Å². The molecule has 4 aromatic rings. The van der Waals surface area contributed by atoms with Gasteiger partial charge in [0.2, 0.25) is 0 Å². The van der Waals surface area contributed by atoms with Crippen LogP contribution in [0.5, 0.6) is 0 Å². The lowest BCUT2D eigenvalue weighted by Crippen LogP contribution is -2.17. The largest absolute Gasteiger partial charge is 0.466 e. The highest BCUT2D eigenvalue weighted by molar-refractivity contribution is 6.03. The number of benzene rings is 2. The zero-order valence-electron chi connectivity index (χ0n) is 21.4. The number of nitrogens with zero attached hydrogens (tertiary/aromatic N) is 2. The monoisotopic (exact) mass is 535 g/mol. The van der Waals surface area contributed by atoms with Crippen molar-refractivity contribution in [1.29, 1.82) is 0 Å². The van der Waals surface area contributed by atoms with Gasteiger partial charge in [0.15, 0.2) is 17.5 Å². The van der Waals surface area contributed by atoms with Crippen LogP contribution in [0.2, 0.25) is 0 Å². The molecular weight excluding hydrogens is 507 g/mol. The molecule has 39 heavy (non-hydrogen) atoms. The molecule has 5 rings (SSSR count). The van der Waals surface area contributed by atoms with Gasteiger partial charge in [0, 0.05) is 36.6 Å². The second-order valence-corrected chi connectivity index (χ2v) is 9.87. The molecule has 0 bridgehead atoms. The summed E-state index contributed by atoms with van der Waals surface area (Å²) in [5, 5.41) is 2.34. The molecule has 2 aromatic carbocycles. The molecule has 0 saturated heterocycles. The Labute approximate surface area is 223 Å². The first-order valence-corrected chi connectivity index (χ1v) is 13.0. The summed E-state index contributed by atoms with van der Waals surface area (Å²) in [6.07, 6.45) is 8.01. The second-order valence-electron chi connectivity index (χ2n) is 9.87. The summed E-state index contributed by atoms with van der Waals surface area (Å²) in [7, 11) is 0. The minimum atomic E-state index is -1.60. The summed E-state index contributed by atoms with van der Waals surface area (Å²) in [5.74, 6) is -4.29. The highest BCUT2D eigenvalue weighted by Gasteiger charge is 2.24. The number of anilines is 1. The van der Waals surface area contributed by atoms with Crippen LogP contribution in [0.15, 0.2) is 60.9 Å². The van der Waals surface area contributed by atoms with Gasteiger partial charge in [0.05, 0.1) is 6.61 Å². The molecule has 0 unspecified atom stereocenters. The molecule has 6 nitrogen and oxygen atoms in total. The van der Waals surface area contributed by atoms with Gasteiger partial charge < -0.3 is 14.5 Å². The van der Waals surface area contributed by atoms with Crippen LogP contribution in [0, 0.1) is 23.4 Å². The number of ether oxygens (including phenoxy) is 1. The molecule has 1 amide bonds. The van der Waals surface area contributed by atoms with E-state index in [0.717, 1.165) is 36.8 Å². The number of rotatable bonds is 7. The quantitative estimate of drug-likeness (QED) is 0.206. The summed E-state index contributed by atoms with van der Waals surface area (Å²) in [5.41, 5.74) is 3.59. The molecule has 202 valence electrons. The van der Waals surface area contributed by atoms with Crippen molar-refractivity contribution in [1.82, 2.24) is 9.38 Å². The van der Waals surface area contributed by atoms with Crippen LogP contribution < -0.4 is 5.32 Å². The number of amides is 1. The van der Waals surface area contributed by atoms with Crippen LogP contribution >= 0.6 is 0 Å². The molecule has 0 aliphatic heterocycles. The SMILES string of the molecule is CCOC(=O)CC1CCC(c2ccc(-c3ccc4nc(C(=O)Nc5cc(F)c(F)c(F)c5)cn4c3)cc2)CC1. The molecule has 1 N–H and O–H groups in total. The Morgan fingerprint density at radius 3 is 2.28 bits per heavy atom. The first kappa shape index (κ1) is 26.5. The minimum Gasteiger partial charge on any atom is -0.466 e. The average Bonchev–Trinajstić information content (AvgIpc) is 3.36. The van der Waals surface area contributed by atoms with Gasteiger partial charge in [0.1, 0.15) is 11.3 Å². The van der Waals surface area contributed by atoms with Crippen LogP contribution in [0.1, 0.15) is 61.0 Å². The number of halogens is 3. The molecule has 1 aliphatic carbocycles. The van der Waals surface area contributed by atoms with E-state index in [2.05, 4.69) is 34.6 Å². The molecule has 0 spiro atoms. The van der Waals surface area contributed by atoms with Crippen molar-refractivity contribution >= 4 is 23.2 Å². The van der Waals surface area contributed by atoms with Crippen LogP contribution in [0.25, 0.3) is 16.8 Å². The van der Waals surface area contributed by atoms with Crippen molar-refractivity contribution in [2.75, 3.05) is 11.9 Å². The van der Waals surface area contributed by atoms with Gasteiger partial charge in [-0.1, -0.05) is 24.3 Å². The van der Waals surface area contributed by atoms with E-state index in [9.17, 15) is 22.8 Å². The van der Waals surface area contributed by atoms with E-state index in [1.165, 1.54) is 11.8 Å². The first-order chi connectivity index (χ1) is 18.8. The predicted octanol–water partition coefficient (Wildman–Crippen LogP) is 6.90. The van der Waals surface area contributed by atoms with E-state index >= 15 is 0 Å². The maximum Gasteiger partial charge on any atom is 0.306 e. The summed E-state index contributed by atoms with van der Waals surface area (Å²) in [6.45, 7) is 2.25. The zero-order valence-corrected chi connectivity index (χ0v) is 21.4. The molecular formula is C30H28F3N3O3. The molecule has 9 heteroatoms. The van der Waals surface area contributed by atoms with Crippen LogP contribution in [-0.2, 0) is 9.53 Å². The Hall–Kier alpha value is -4.14. The van der Waals surface area contributed by atoms with Crippen molar-refractivity contribution < 1.29 is 27.5 Å².